The molecule has 0 unspecified atom stereocenters. The summed E-state index contributed by atoms with van der Waals surface area (Å²) in [6.45, 7) is 2.06. The fourth-order valence-electron chi connectivity index (χ4n) is 3.07. The van der Waals surface area contributed by atoms with Crippen LogP contribution in [0.3, 0.4) is 0 Å². The van der Waals surface area contributed by atoms with Crippen LogP contribution in [-0.2, 0) is 16.1 Å². The third-order valence-corrected chi connectivity index (χ3v) is 4.57. The summed E-state index contributed by atoms with van der Waals surface area (Å²) in [7, 11) is 4.65. The molecule has 26 heavy (non-hydrogen) atoms. The molecule has 1 aromatic rings. The summed E-state index contributed by atoms with van der Waals surface area (Å²) in [5.41, 5.74) is 6.18. The molecule has 144 valence electrons. The molecule has 0 bridgehead atoms. The topological polar surface area (TPSA) is 103 Å². The average molecular weight is 365 g/mol. The van der Waals surface area contributed by atoms with Crippen molar-refractivity contribution in [2.75, 3.05) is 41.0 Å². The number of benzene rings is 1. The summed E-state index contributed by atoms with van der Waals surface area (Å²) in [5, 5.41) is 2.90. The maximum atomic E-state index is 12.2. The second kappa shape index (κ2) is 9.28. The Labute approximate surface area is 153 Å². The predicted molar refractivity (Wildman–Crippen MR) is 96.3 cm³/mol. The van der Waals surface area contributed by atoms with Crippen molar-refractivity contribution in [2.24, 2.45) is 11.7 Å². The molecule has 8 nitrogen and oxygen atoms in total. The molecule has 0 spiro atoms. The molecule has 0 aliphatic carbocycles. The Morgan fingerprint density at radius 3 is 2.15 bits per heavy atom. The highest BCUT2D eigenvalue weighted by molar-refractivity contribution is 5.78. The van der Waals surface area contributed by atoms with Gasteiger partial charge in [-0.3, -0.25) is 14.5 Å². The Kier molecular flexibility index (Phi) is 7.08. The van der Waals surface area contributed by atoms with Gasteiger partial charge in [-0.2, -0.15) is 0 Å². The van der Waals surface area contributed by atoms with Crippen molar-refractivity contribution in [1.29, 1.82) is 0 Å². The minimum atomic E-state index is -0.253. The fraction of sp³-hybridized carbons (Fsp3) is 0.556. The molecule has 1 saturated heterocycles. The maximum Gasteiger partial charge on any atom is 0.234 e. The molecule has 2 amide bonds. The Balaban J connectivity index is 1.88. The van der Waals surface area contributed by atoms with Crippen LogP contribution in [-0.4, -0.2) is 57.7 Å². The molecule has 3 N–H and O–H groups in total. The Morgan fingerprint density at radius 2 is 1.69 bits per heavy atom. The summed E-state index contributed by atoms with van der Waals surface area (Å²) in [5.74, 6) is 1.21. The molecule has 0 radical (unpaired) electrons. The van der Waals surface area contributed by atoms with Crippen LogP contribution < -0.4 is 25.3 Å². The molecule has 1 fully saturated rings. The minimum Gasteiger partial charge on any atom is -0.493 e. The smallest absolute Gasteiger partial charge is 0.234 e. The van der Waals surface area contributed by atoms with Crippen molar-refractivity contribution in [3.8, 4) is 17.2 Å². The zero-order valence-corrected chi connectivity index (χ0v) is 15.5. The van der Waals surface area contributed by atoms with E-state index >= 15 is 0 Å². The highest BCUT2D eigenvalue weighted by Crippen LogP contribution is 2.38. The molecule has 1 aromatic carbocycles. The first-order valence-electron chi connectivity index (χ1n) is 8.55. The highest BCUT2D eigenvalue weighted by Gasteiger charge is 2.24. The zero-order chi connectivity index (χ0) is 19.1. The zero-order valence-electron chi connectivity index (χ0n) is 15.5. The average Bonchev–Trinajstić information content (AvgIpc) is 2.65. The molecule has 1 aliphatic rings. The number of carbonyl (C=O) groups excluding carboxylic acids is 2. The molecular weight excluding hydrogens is 338 g/mol. The molecule has 0 saturated carbocycles. The Hall–Kier alpha value is -2.48. The van der Waals surface area contributed by atoms with E-state index in [0.717, 1.165) is 5.56 Å². The van der Waals surface area contributed by atoms with Crippen molar-refractivity contribution >= 4 is 11.8 Å². The standard InChI is InChI=1S/C18H27N3O5/c1-24-14-8-12(9-15(25-2)17(14)26-3)10-20-16(22)11-21-6-4-13(5-7-21)18(19)23/h8-9,13H,4-7,10-11H2,1-3H3,(H2,19,23)(H,20,22). The largest absolute Gasteiger partial charge is 0.493 e. The van der Waals surface area contributed by atoms with Gasteiger partial charge in [-0.15, -0.1) is 0 Å². The maximum absolute atomic E-state index is 12.2. The number of likely N-dealkylation sites (tertiary alicyclic amines) is 1. The number of nitrogens with zero attached hydrogens (tertiary/aromatic N) is 1. The lowest BCUT2D eigenvalue weighted by molar-refractivity contribution is -0.124. The predicted octanol–water partition coefficient (Wildman–Crippen LogP) is 0.526. The highest BCUT2D eigenvalue weighted by atomic mass is 16.5. The van der Waals surface area contributed by atoms with Crippen LogP contribution in [0.4, 0.5) is 0 Å². The van der Waals surface area contributed by atoms with Crippen LogP contribution in [0.25, 0.3) is 0 Å². The molecule has 8 heteroatoms. The summed E-state index contributed by atoms with van der Waals surface area (Å²) in [4.78, 5) is 25.4. The van der Waals surface area contributed by atoms with Gasteiger partial charge in [-0.05, 0) is 43.6 Å². The van der Waals surface area contributed by atoms with Gasteiger partial charge >= 0.3 is 0 Å². The van der Waals surface area contributed by atoms with Gasteiger partial charge in [0.05, 0.1) is 27.9 Å². The van der Waals surface area contributed by atoms with Crippen LogP contribution in [0.5, 0.6) is 17.2 Å². The number of hydrogen-bond donors (Lipinski definition) is 2. The fourth-order valence-corrected chi connectivity index (χ4v) is 3.07. The van der Waals surface area contributed by atoms with Gasteiger partial charge < -0.3 is 25.3 Å². The number of piperidine rings is 1. The number of amides is 2. The third kappa shape index (κ3) is 5.01. The van der Waals surface area contributed by atoms with Gasteiger partial charge in [0, 0.05) is 12.5 Å². The summed E-state index contributed by atoms with van der Waals surface area (Å²) in [6.07, 6.45) is 1.41. The van der Waals surface area contributed by atoms with E-state index in [1.807, 2.05) is 4.90 Å². The van der Waals surface area contributed by atoms with Gasteiger partial charge in [0.15, 0.2) is 11.5 Å². The number of methoxy groups -OCH3 is 3. The number of nitrogens with two attached hydrogens (primary N) is 1. The number of rotatable bonds is 8. The lowest BCUT2D eigenvalue weighted by Gasteiger charge is -2.29. The van der Waals surface area contributed by atoms with E-state index < -0.39 is 0 Å². The third-order valence-electron chi connectivity index (χ3n) is 4.57. The van der Waals surface area contributed by atoms with E-state index in [-0.39, 0.29) is 17.7 Å². The first-order chi connectivity index (χ1) is 12.5. The van der Waals surface area contributed by atoms with Crippen molar-refractivity contribution < 1.29 is 23.8 Å². The Bertz CT molecular complexity index is 617. The number of ether oxygens (including phenoxy) is 3. The quantitative estimate of drug-likeness (QED) is 0.696. The van der Waals surface area contributed by atoms with Gasteiger partial charge in [0.25, 0.3) is 0 Å². The lowest BCUT2D eigenvalue weighted by atomic mass is 9.96. The van der Waals surface area contributed by atoms with Crippen molar-refractivity contribution in [1.82, 2.24) is 10.2 Å². The second-order valence-electron chi connectivity index (χ2n) is 6.26. The van der Waals surface area contributed by atoms with Gasteiger partial charge in [0.1, 0.15) is 0 Å². The molecule has 1 aliphatic heterocycles. The van der Waals surface area contributed by atoms with Crippen LogP contribution in [0.2, 0.25) is 0 Å². The van der Waals surface area contributed by atoms with Crippen LogP contribution in [0, 0.1) is 5.92 Å². The number of hydrogen-bond acceptors (Lipinski definition) is 6. The summed E-state index contributed by atoms with van der Waals surface area (Å²) in [6, 6.07) is 3.61. The molecule has 0 aromatic heterocycles. The summed E-state index contributed by atoms with van der Waals surface area (Å²) < 4.78 is 15.9. The van der Waals surface area contributed by atoms with E-state index in [9.17, 15) is 9.59 Å². The van der Waals surface area contributed by atoms with E-state index in [1.165, 1.54) is 0 Å². The molecule has 0 atom stereocenters. The van der Waals surface area contributed by atoms with Gasteiger partial charge in [0.2, 0.25) is 17.6 Å². The van der Waals surface area contributed by atoms with Crippen molar-refractivity contribution in [3.05, 3.63) is 17.7 Å². The van der Waals surface area contributed by atoms with E-state index in [4.69, 9.17) is 19.9 Å². The Morgan fingerprint density at radius 1 is 1.12 bits per heavy atom. The monoisotopic (exact) mass is 365 g/mol. The van der Waals surface area contributed by atoms with Crippen LogP contribution in [0.15, 0.2) is 12.1 Å². The molecular formula is C18H27N3O5. The first-order valence-corrected chi connectivity index (χ1v) is 8.55. The van der Waals surface area contributed by atoms with Crippen molar-refractivity contribution in [3.63, 3.8) is 0 Å². The normalized spacial score (nSPS) is 15.3. The minimum absolute atomic E-state index is 0.0729. The van der Waals surface area contributed by atoms with Crippen LogP contribution >= 0.6 is 0 Å². The van der Waals surface area contributed by atoms with E-state index in [2.05, 4.69) is 5.32 Å². The first kappa shape index (κ1) is 19.8. The second-order valence-corrected chi connectivity index (χ2v) is 6.26. The van der Waals surface area contributed by atoms with E-state index in [1.54, 1.807) is 33.5 Å². The molecule has 2 rings (SSSR count). The molecule has 1 heterocycles. The number of nitrogens with one attached hydrogen (secondary N) is 1. The van der Waals surface area contributed by atoms with E-state index in [0.29, 0.717) is 56.3 Å². The summed E-state index contributed by atoms with van der Waals surface area (Å²) >= 11 is 0. The van der Waals surface area contributed by atoms with Crippen molar-refractivity contribution in [2.45, 2.75) is 19.4 Å². The van der Waals surface area contributed by atoms with Gasteiger partial charge in [-0.25, -0.2) is 0 Å². The SMILES string of the molecule is COc1cc(CNC(=O)CN2CCC(C(N)=O)CC2)cc(OC)c1OC. The lowest BCUT2D eigenvalue weighted by Crippen LogP contribution is -2.43. The van der Waals surface area contributed by atoms with Gasteiger partial charge in [-0.1, -0.05) is 0 Å². The number of carbonyl (C=O) groups is 2. The van der Waals surface area contributed by atoms with Crippen LogP contribution in [0.1, 0.15) is 18.4 Å². The number of primary amides is 1.